The van der Waals surface area contributed by atoms with Crippen LogP contribution in [-0.2, 0) is 0 Å². The Bertz CT molecular complexity index is 390. The summed E-state index contributed by atoms with van der Waals surface area (Å²) in [4.78, 5) is 23.5. The highest BCUT2D eigenvalue weighted by Gasteiger charge is 2.13. The number of rotatable bonds is 2. The fourth-order valence-electron chi connectivity index (χ4n) is 0.903. The standard InChI is InChI=1S/C10H10ClNO3/c1-12(2)10(14)15-8-6-4-3-5-7(8)9(11)13/h3-6H,1-2H3. The number of carbonyl (C=O) groups is 2. The van der Waals surface area contributed by atoms with Gasteiger partial charge in [0.05, 0.1) is 5.56 Å². The Morgan fingerprint density at radius 2 is 1.87 bits per heavy atom. The number of benzene rings is 1. The monoisotopic (exact) mass is 227 g/mol. The molecular formula is C10H10ClNO3. The van der Waals surface area contributed by atoms with Gasteiger partial charge in [0, 0.05) is 14.1 Å². The van der Waals surface area contributed by atoms with E-state index in [4.69, 9.17) is 16.3 Å². The van der Waals surface area contributed by atoms with Crippen molar-refractivity contribution in [3.05, 3.63) is 29.8 Å². The third kappa shape index (κ3) is 2.95. The van der Waals surface area contributed by atoms with Gasteiger partial charge in [0.2, 0.25) is 0 Å². The first-order valence-electron chi connectivity index (χ1n) is 4.20. The highest BCUT2D eigenvalue weighted by Crippen LogP contribution is 2.20. The van der Waals surface area contributed by atoms with Crippen molar-refractivity contribution in [3.63, 3.8) is 0 Å². The summed E-state index contributed by atoms with van der Waals surface area (Å²) >= 11 is 5.33. The van der Waals surface area contributed by atoms with E-state index in [2.05, 4.69) is 0 Å². The number of amides is 1. The van der Waals surface area contributed by atoms with E-state index in [9.17, 15) is 9.59 Å². The lowest BCUT2D eigenvalue weighted by molar-refractivity contribution is 0.107. The lowest BCUT2D eigenvalue weighted by Gasteiger charge is -2.11. The topological polar surface area (TPSA) is 46.6 Å². The van der Waals surface area contributed by atoms with Crippen LogP contribution in [0.5, 0.6) is 5.75 Å². The molecule has 80 valence electrons. The minimum absolute atomic E-state index is 0.163. The largest absolute Gasteiger partial charge is 0.414 e. The Balaban J connectivity index is 2.94. The predicted molar refractivity (Wildman–Crippen MR) is 56.3 cm³/mol. The van der Waals surface area contributed by atoms with Crippen LogP contribution < -0.4 is 4.74 Å². The van der Waals surface area contributed by atoms with Gasteiger partial charge in [-0.2, -0.15) is 0 Å². The minimum atomic E-state index is -0.655. The number of ether oxygens (including phenoxy) is 1. The average molecular weight is 228 g/mol. The van der Waals surface area contributed by atoms with Gasteiger partial charge >= 0.3 is 6.09 Å². The van der Waals surface area contributed by atoms with E-state index in [0.717, 1.165) is 0 Å². The van der Waals surface area contributed by atoms with Crippen LogP contribution in [0.2, 0.25) is 0 Å². The normalized spacial score (nSPS) is 9.53. The van der Waals surface area contributed by atoms with E-state index in [1.807, 2.05) is 0 Å². The third-order valence-electron chi connectivity index (χ3n) is 1.66. The van der Waals surface area contributed by atoms with Gasteiger partial charge in [-0.05, 0) is 23.7 Å². The summed E-state index contributed by atoms with van der Waals surface area (Å²) in [6.45, 7) is 0. The summed E-state index contributed by atoms with van der Waals surface area (Å²) < 4.78 is 4.95. The first-order valence-corrected chi connectivity index (χ1v) is 4.58. The number of carbonyl (C=O) groups excluding carboxylic acids is 2. The summed E-state index contributed by atoms with van der Waals surface area (Å²) in [6.07, 6.45) is -0.555. The molecule has 0 atom stereocenters. The Hall–Kier alpha value is -1.55. The fraction of sp³-hybridized carbons (Fsp3) is 0.200. The van der Waals surface area contributed by atoms with Crippen molar-refractivity contribution in [1.29, 1.82) is 0 Å². The molecule has 1 rings (SSSR count). The zero-order valence-electron chi connectivity index (χ0n) is 8.36. The molecule has 5 heteroatoms. The molecule has 0 saturated heterocycles. The Kier molecular flexibility index (Phi) is 3.68. The number of para-hydroxylation sites is 1. The molecule has 0 aliphatic rings. The average Bonchev–Trinajstić information content (AvgIpc) is 2.18. The summed E-state index contributed by atoms with van der Waals surface area (Å²) in [5.41, 5.74) is 0.175. The molecule has 0 spiro atoms. The van der Waals surface area contributed by atoms with Gasteiger partial charge in [-0.15, -0.1) is 0 Å². The van der Waals surface area contributed by atoms with Crippen LogP contribution in [0.25, 0.3) is 0 Å². The van der Waals surface area contributed by atoms with Crippen molar-refractivity contribution in [3.8, 4) is 5.75 Å². The van der Waals surface area contributed by atoms with Crippen LogP contribution in [0.4, 0.5) is 4.79 Å². The van der Waals surface area contributed by atoms with Crippen molar-refractivity contribution in [1.82, 2.24) is 4.90 Å². The maximum absolute atomic E-state index is 11.2. The summed E-state index contributed by atoms with van der Waals surface area (Å²) in [6, 6.07) is 6.30. The van der Waals surface area contributed by atoms with Gasteiger partial charge < -0.3 is 9.64 Å². The van der Waals surface area contributed by atoms with Crippen molar-refractivity contribution in [2.24, 2.45) is 0 Å². The van der Waals surface area contributed by atoms with Gasteiger partial charge in [-0.3, -0.25) is 4.79 Å². The molecule has 0 aliphatic heterocycles. The second kappa shape index (κ2) is 4.79. The molecule has 1 aromatic rings. The Morgan fingerprint density at radius 3 is 2.40 bits per heavy atom. The first kappa shape index (κ1) is 11.5. The molecule has 0 bridgehead atoms. The highest BCUT2D eigenvalue weighted by atomic mass is 35.5. The van der Waals surface area contributed by atoms with Crippen LogP contribution in [-0.4, -0.2) is 30.3 Å². The van der Waals surface area contributed by atoms with Gasteiger partial charge in [0.25, 0.3) is 5.24 Å². The van der Waals surface area contributed by atoms with E-state index in [-0.39, 0.29) is 11.3 Å². The zero-order valence-corrected chi connectivity index (χ0v) is 9.12. The molecule has 0 aromatic heterocycles. The number of nitrogens with zero attached hydrogens (tertiary/aromatic N) is 1. The smallest absolute Gasteiger partial charge is 0.409 e. The molecule has 0 aliphatic carbocycles. The maximum Gasteiger partial charge on any atom is 0.414 e. The Labute approximate surface area is 92.4 Å². The predicted octanol–water partition coefficient (Wildman–Crippen LogP) is 2.13. The second-order valence-corrected chi connectivity index (χ2v) is 3.38. The van der Waals surface area contributed by atoms with Crippen molar-refractivity contribution >= 4 is 22.9 Å². The Morgan fingerprint density at radius 1 is 1.27 bits per heavy atom. The van der Waals surface area contributed by atoms with E-state index in [1.165, 1.54) is 17.0 Å². The van der Waals surface area contributed by atoms with E-state index in [1.54, 1.807) is 26.2 Å². The summed E-state index contributed by atoms with van der Waals surface area (Å²) in [7, 11) is 3.10. The molecule has 15 heavy (non-hydrogen) atoms. The third-order valence-corrected chi connectivity index (χ3v) is 1.86. The molecule has 4 nitrogen and oxygen atoms in total. The molecule has 0 N–H and O–H groups in total. The zero-order chi connectivity index (χ0) is 11.4. The summed E-state index contributed by atoms with van der Waals surface area (Å²) in [5.74, 6) is 0.163. The first-order chi connectivity index (χ1) is 7.02. The van der Waals surface area contributed by atoms with E-state index < -0.39 is 11.3 Å². The van der Waals surface area contributed by atoms with Crippen LogP contribution in [0.1, 0.15) is 10.4 Å². The molecule has 0 fully saturated rings. The van der Waals surface area contributed by atoms with Gasteiger partial charge in [0.1, 0.15) is 5.75 Å². The maximum atomic E-state index is 11.2. The van der Waals surface area contributed by atoms with Crippen molar-refractivity contribution in [2.75, 3.05) is 14.1 Å². The van der Waals surface area contributed by atoms with Gasteiger partial charge in [-0.25, -0.2) is 4.79 Å². The van der Waals surface area contributed by atoms with Crippen LogP contribution in [0.15, 0.2) is 24.3 Å². The fourth-order valence-corrected chi connectivity index (χ4v) is 1.06. The number of hydrogen-bond donors (Lipinski definition) is 0. The molecule has 0 heterocycles. The molecular weight excluding hydrogens is 218 g/mol. The van der Waals surface area contributed by atoms with Gasteiger partial charge in [-0.1, -0.05) is 12.1 Å². The van der Waals surface area contributed by atoms with E-state index >= 15 is 0 Å². The highest BCUT2D eigenvalue weighted by molar-refractivity contribution is 6.68. The van der Waals surface area contributed by atoms with Crippen LogP contribution in [0, 0.1) is 0 Å². The van der Waals surface area contributed by atoms with E-state index in [0.29, 0.717) is 0 Å². The van der Waals surface area contributed by atoms with Crippen LogP contribution >= 0.6 is 11.6 Å². The molecule has 0 unspecified atom stereocenters. The number of hydrogen-bond acceptors (Lipinski definition) is 3. The minimum Gasteiger partial charge on any atom is -0.409 e. The lowest BCUT2D eigenvalue weighted by Crippen LogP contribution is -2.25. The SMILES string of the molecule is CN(C)C(=O)Oc1ccccc1C(=O)Cl. The van der Waals surface area contributed by atoms with Crippen LogP contribution in [0.3, 0.4) is 0 Å². The van der Waals surface area contributed by atoms with Gasteiger partial charge in [0.15, 0.2) is 0 Å². The lowest BCUT2D eigenvalue weighted by atomic mass is 10.2. The number of halogens is 1. The molecule has 0 radical (unpaired) electrons. The molecule has 1 amide bonds. The quantitative estimate of drug-likeness (QED) is 0.727. The second-order valence-electron chi connectivity index (χ2n) is 3.03. The summed E-state index contributed by atoms with van der Waals surface area (Å²) in [5, 5.41) is -0.655. The van der Waals surface area contributed by atoms with Crippen molar-refractivity contribution in [2.45, 2.75) is 0 Å². The van der Waals surface area contributed by atoms with Crippen molar-refractivity contribution < 1.29 is 14.3 Å². The molecule has 0 saturated carbocycles. The molecule has 1 aromatic carbocycles.